The van der Waals surface area contributed by atoms with Crippen molar-refractivity contribution in [1.29, 1.82) is 0 Å². The molecule has 0 amide bonds. The predicted octanol–water partition coefficient (Wildman–Crippen LogP) is 4.98. The van der Waals surface area contributed by atoms with Gasteiger partial charge >= 0.3 is 5.97 Å². The maximum absolute atomic E-state index is 11.4. The zero-order valence-corrected chi connectivity index (χ0v) is 14.5. The van der Waals surface area contributed by atoms with E-state index < -0.39 is 0 Å². The highest BCUT2D eigenvalue weighted by Crippen LogP contribution is 2.47. The van der Waals surface area contributed by atoms with Crippen LogP contribution in [-0.2, 0) is 4.79 Å². The van der Waals surface area contributed by atoms with E-state index in [0.29, 0.717) is 5.75 Å². The summed E-state index contributed by atoms with van der Waals surface area (Å²) in [5.41, 5.74) is 2.22. The average molecular weight is 353 g/mol. The molecule has 0 aliphatic heterocycles. The van der Waals surface area contributed by atoms with Crippen LogP contribution in [0.4, 0.5) is 0 Å². The Morgan fingerprint density at radius 2 is 2.00 bits per heavy atom. The first-order valence-corrected chi connectivity index (χ1v) is 7.91. The Bertz CT molecular complexity index is 588. The Kier molecular flexibility index (Phi) is 4.77. The van der Waals surface area contributed by atoms with Gasteiger partial charge in [-0.1, -0.05) is 19.9 Å². The fourth-order valence-electron chi connectivity index (χ4n) is 2.82. The lowest BCUT2D eigenvalue weighted by Crippen LogP contribution is -2.18. The molecular formula is C17H21BrO3. The average Bonchev–Trinajstić information content (AvgIpc) is 2.39. The van der Waals surface area contributed by atoms with Crippen molar-refractivity contribution in [2.45, 2.75) is 40.0 Å². The molecule has 1 aliphatic carbocycles. The van der Waals surface area contributed by atoms with Gasteiger partial charge in [0, 0.05) is 12.5 Å². The van der Waals surface area contributed by atoms with Crippen molar-refractivity contribution in [3.63, 3.8) is 0 Å². The van der Waals surface area contributed by atoms with E-state index in [2.05, 4.69) is 35.9 Å². The summed E-state index contributed by atoms with van der Waals surface area (Å²) in [5.74, 6) is 1.00. The van der Waals surface area contributed by atoms with Crippen molar-refractivity contribution < 1.29 is 14.3 Å². The number of methoxy groups -OCH3 is 1. The highest BCUT2D eigenvalue weighted by Gasteiger charge is 2.29. The van der Waals surface area contributed by atoms with Crippen LogP contribution in [0.15, 0.2) is 22.7 Å². The largest absolute Gasteiger partial charge is 0.496 e. The summed E-state index contributed by atoms with van der Waals surface area (Å²) >= 11 is 3.45. The number of ether oxygens (including phenoxy) is 2. The second kappa shape index (κ2) is 6.22. The minimum atomic E-state index is -0.317. The van der Waals surface area contributed by atoms with Crippen LogP contribution in [0, 0.1) is 5.41 Å². The summed E-state index contributed by atoms with van der Waals surface area (Å²) < 4.78 is 11.6. The molecule has 114 valence electrons. The molecule has 1 aromatic carbocycles. The van der Waals surface area contributed by atoms with Gasteiger partial charge in [-0.3, -0.25) is 4.79 Å². The Labute approximate surface area is 134 Å². The number of hydrogen-bond donors (Lipinski definition) is 0. The third-order valence-corrected chi connectivity index (χ3v) is 4.50. The molecule has 0 unspecified atom stereocenters. The van der Waals surface area contributed by atoms with Crippen molar-refractivity contribution in [3.05, 3.63) is 28.2 Å². The van der Waals surface area contributed by atoms with E-state index in [-0.39, 0.29) is 11.4 Å². The Hall–Kier alpha value is -1.29. The summed E-state index contributed by atoms with van der Waals surface area (Å²) in [5, 5.41) is 0. The molecule has 21 heavy (non-hydrogen) atoms. The van der Waals surface area contributed by atoms with Crippen LogP contribution in [-0.4, -0.2) is 13.1 Å². The molecule has 0 bridgehead atoms. The van der Waals surface area contributed by atoms with Crippen LogP contribution in [0.3, 0.4) is 0 Å². The minimum absolute atomic E-state index is 0.0615. The molecule has 1 aliphatic rings. The first-order valence-electron chi connectivity index (χ1n) is 7.12. The molecule has 4 heteroatoms. The molecule has 0 spiro atoms. The topological polar surface area (TPSA) is 35.5 Å². The lowest BCUT2D eigenvalue weighted by molar-refractivity contribution is -0.131. The summed E-state index contributed by atoms with van der Waals surface area (Å²) in [4.78, 5) is 11.4. The van der Waals surface area contributed by atoms with Crippen LogP contribution in [0.25, 0.3) is 5.57 Å². The SMILES string of the molecule is COc1cc(C2=CCCCC2(C)C)c(OC(C)=O)cc1Br. The standard InChI is InChI=1S/C17H21BrO3/c1-11(19)21-15-10-14(18)16(20-4)9-12(15)13-7-5-6-8-17(13,2)3/h7,9-10H,5-6,8H2,1-4H3. The normalized spacial score (nSPS) is 17.1. The van der Waals surface area contributed by atoms with Crippen molar-refractivity contribution in [2.75, 3.05) is 7.11 Å². The molecule has 0 aromatic heterocycles. The lowest BCUT2D eigenvalue weighted by Gasteiger charge is -2.33. The Morgan fingerprint density at radius 1 is 1.29 bits per heavy atom. The Morgan fingerprint density at radius 3 is 2.57 bits per heavy atom. The maximum Gasteiger partial charge on any atom is 0.308 e. The van der Waals surface area contributed by atoms with E-state index in [1.54, 1.807) is 13.2 Å². The van der Waals surface area contributed by atoms with E-state index in [1.165, 1.54) is 18.9 Å². The van der Waals surface area contributed by atoms with Gasteiger partial charge in [-0.2, -0.15) is 0 Å². The zero-order valence-electron chi connectivity index (χ0n) is 13.0. The van der Waals surface area contributed by atoms with E-state index in [4.69, 9.17) is 9.47 Å². The van der Waals surface area contributed by atoms with Crippen LogP contribution in [0.1, 0.15) is 45.6 Å². The molecule has 3 nitrogen and oxygen atoms in total. The Balaban J connectivity index is 2.59. The number of esters is 1. The van der Waals surface area contributed by atoms with Gasteiger partial charge < -0.3 is 9.47 Å². The van der Waals surface area contributed by atoms with E-state index in [9.17, 15) is 4.79 Å². The third kappa shape index (κ3) is 3.49. The van der Waals surface area contributed by atoms with E-state index >= 15 is 0 Å². The second-order valence-corrected chi connectivity index (χ2v) is 6.82. The summed E-state index contributed by atoms with van der Waals surface area (Å²) in [6, 6.07) is 3.75. The van der Waals surface area contributed by atoms with Gasteiger partial charge in [-0.05, 0) is 58.3 Å². The number of carbonyl (C=O) groups excluding carboxylic acids is 1. The molecule has 0 saturated heterocycles. The molecule has 0 N–H and O–H groups in total. The predicted molar refractivity (Wildman–Crippen MR) is 87.6 cm³/mol. The van der Waals surface area contributed by atoms with E-state index in [1.807, 2.05) is 6.07 Å². The van der Waals surface area contributed by atoms with E-state index in [0.717, 1.165) is 28.6 Å². The molecule has 0 heterocycles. The highest BCUT2D eigenvalue weighted by atomic mass is 79.9. The molecule has 1 aromatic rings. The van der Waals surface area contributed by atoms with Gasteiger partial charge in [0.15, 0.2) is 0 Å². The molecule has 0 fully saturated rings. The first-order chi connectivity index (χ1) is 9.85. The molecule has 0 radical (unpaired) electrons. The van der Waals surface area contributed by atoms with Gasteiger partial charge in [0.2, 0.25) is 0 Å². The molecule has 0 saturated carbocycles. The van der Waals surface area contributed by atoms with Crippen molar-refractivity contribution in [1.82, 2.24) is 0 Å². The summed E-state index contributed by atoms with van der Waals surface area (Å²) in [6.07, 6.45) is 5.61. The summed E-state index contributed by atoms with van der Waals surface area (Å²) in [7, 11) is 1.63. The molecule has 2 rings (SSSR count). The number of rotatable bonds is 3. The van der Waals surface area contributed by atoms with Crippen LogP contribution in [0.5, 0.6) is 11.5 Å². The number of carbonyl (C=O) groups is 1. The van der Waals surface area contributed by atoms with Crippen LogP contribution in [0.2, 0.25) is 0 Å². The van der Waals surface area contributed by atoms with Gasteiger partial charge in [-0.15, -0.1) is 0 Å². The van der Waals surface area contributed by atoms with Crippen molar-refractivity contribution in [3.8, 4) is 11.5 Å². The lowest BCUT2D eigenvalue weighted by atomic mass is 9.73. The van der Waals surface area contributed by atoms with Gasteiger partial charge in [0.1, 0.15) is 11.5 Å². The quantitative estimate of drug-likeness (QED) is 0.568. The zero-order chi connectivity index (χ0) is 15.6. The van der Waals surface area contributed by atoms with Gasteiger partial charge in [0.25, 0.3) is 0 Å². The smallest absolute Gasteiger partial charge is 0.308 e. The number of hydrogen-bond acceptors (Lipinski definition) is 3. The van der Waals surface area contributed by atoms with Gasteiger partial charge in [-0.25, -0.2) is 0 Å². The monoisotopic (exact) mass is 352 g/mol. The van der Waals surface area contributed by atoms with Crippen LogP contribution < -0.4 is 9.47 Å². The molecular weight excluding hydrogens is 332 g/mol. The first kappa shape index (κ1) is 16.1. The maximum atomic E-state index is 11.4. The minimum Gasteiger partial charge on any atom is -0.496 e. The number of allylic oxidation sites excluding steroid dienone is 2. The fraction of sp³-hybridized carbons (Fsp3) is 0.471. The third-order valence-electron chi connectivity index (χ3n) is 3.88. The molecule has 0 atom stereocenters. The second-order valence-electron chi connectivity index (χ2n) is 5.97. The summed E-state index contributed by atoms with van der Waals surface area (Å²) in [6.45, 7) is 5.87. The van der Waals surface area contributed by atoms with Crippen molar-refractivity contribution in [2.24, 2.45) is 5.41 Å². The highest BCUT2D eigenvalue weighted by molar-refractivity contribution is 9.10. The fourth-order valence-corrected chi connectivity index (χ4v) is 3.30. The number of benzene rings is 1. The van der Waals surface area contributed by atoms with Crippen LogP contribution >= 0.6 is 15.9 Å². The number of halogens is 1. The van der Waals surface area contributed by atoms with Gasteiger partial charge in [0.05, 0.1) is 11.6 Å². The van der Waals surface area contributed by atoms with Crippen molar-refractivity contribution >= 4 is 27.5 Å².